The highest BCUT2D eigenvalue weighted by atomic mass is 32.1. The van der Waals surface area contributed by atoms with E-state index in [0.29, 0.717) is 5.69 Å². The van der Waals surface area contributed by atoms with E-state index in [0.717, 1.165) is 10.4 Å². The molecule has 0 unspecified atom stereocenters. The van der Waals surface area contributed by atoms with Gasteiger partial charge in [-0.15, -0.1) is 11.3 Å². The predicted octanol–water partition coefficient (Wildman–Crippen LogP) is 3.78. The third-order valence-electron chi connectivity index (χ3n) is 3.76. The summed E-state index contributed by atoms with van der Waals surface area (Å²) in [5.74, 6) is -1.75. The highest BCUT2D eigenvalue weighted by Gasteiger charge is 2.20. The van der Waals surface area contributed by atoms with Crippen molar-refractivity contribution >= 4 is 34.9 Å². The van der Waals surface area contributed by atoms with E-state index in [2.05, 4.69) is 10.3 Å². The molecule has 1 aromatic carbocycles. The highest BCUT2D eigenvalue weighted by Crippen LogP contribution is 2.35. The van der Waals surface area contributed by atoms with Gasteiger partial charge in [-0.05, 0) is 30.7 Å². The molecule has 3 aromatic rings. The van der Waals surface area contributed by atoms with Crippen LogP contribution in [0.25, 0.3) is 10.4 Å². The molecule has 7 nitrogen and oxygen atoms in total. The van der Waals surface area contributed by atoms with Crippen molar-refractivity contribution in [2.75, 3.05) is 18.5 Å². The molecular formula is C21H18N2O5S. The highest BCUT2D eigenvalue weighted by molar-refractivity contribution is 7.18. The summed E-state index contributed by atoms with van der Waals surface area (Å²) in [5.41, 5.74) is 1.47. The summed E-state index contributed by atoms with van der Waals surface area (Å²) >= 11 is 1.22. The Morgan fingerprint density at radius 1 is 1.03 bits per heavy atom. The van der Waals surface area contributed by atoms with E-state index in [4.69, 9.17) is 9.47 Å². The SMILES string of the molecule is CCOC(=O)c1sc(-c2ccccc2)cc1NC(=O)COC(=O)c1cccnc1. The van der Waals surface area contributed by atoms with Gasteiger partial charge in [0.2, 0.25) is 0 Å². The maximum absolute atomic E-state index is 12.3. The van der Waals surface area contributed by atoms with Crippen molar-refractivity contribution < 1.29 is 23.9 Å². The molecule has 0 aliphatic carbocycles. The molecular weight excluding hydrogens is 392 g/mol. The Kier molecular flexibility index (Phi) is 6.70. The number of ether oxygens (including phenoxy) is 2. The topological polar surface area (TPSA) is 94.6 Å². The van der Waals surface area contributed by atoms with Crippen LogP contribution in [0.5, 0.6) is 0 Å². The zero-order valence-electron chi connectivity index (χ0n) is 15.6. The first-order valence-electron chi connectivity index (χ1n) is 8.82. The van der Waals surface area contributed by atoms with Crippen molar-refractivity contribution in [1.29, 1.82) is 0 Å². The van der Waals surface area contributed by atoms with Gasteiger partial charge in [-0.25, -0.2) is 9.59 Å². The Bertz CT molecular complexity index is 1000. The summed E-state index contributed by atoms with van der Waals surface area (Å²) in [7, 11) is 0. The Morgan fingerprint density at radius 2 is 1.83 bits per heavy atom. The number of pyridine rings is 1. The molecule has 29 heavy (non-hydrogen) atoms. The van der Waals surface area contributed by atoms with Crippen molar-refractivity contribution in [3.63, 3.8) is 0 Å². The summed E-state index contributed by atoms with van der Waals surface area (Å²) in [6, 6.07) is 14.3. The number of esters is 2. The van der Waals surface area contributed by atoms with Crippen LogP contribution in [0, 0.1) is 0 Å². The number of amides is 1. The van der Waals surface area contributed by atoms with Crippen LogP contribution < -0.4 is 5.32 Å². The number of aromatic nitrogens is 1. The van der Waals surface area contributed by atoms with E-state index in [9.17, 15) is 14.4 Å². The molecule has 0 aliphatic rings. The van der Waals surface area contributed by atoms with Gasteiger partial charge >= 0.3 is 11.9 Å². The molecule has 0 aliphatic heterocycles. The fraction of sp³-hybridized carbons (Fsp3) is 0.143. The second-order valence-corrected chi connectivity index (χ2v) is 6.86. The van der Waals surface area contributed by atoms with Gasteiger partial charge < -0.3 is 14.8 Å². The Labute approximate surface area is 171 Å². The van der Waals surface area contributed by atoms with Gasteiger partial charge in [0.05, 0.1) is 17.9 Å². The van der Waals surface area contributed by atoms with Crippen LogP contribution in [0.15, 0.2) is 60.9 Å². The minimum Gasteiger partial charge on any atom is -0.462 e. The standard InChI is InChI=1S/C21H18N2O5S/c1-2-27-21(26)19-16(11-17(29-19)14-7-4-3-5-8-14)23-18(24)13-28-20(25)15-9-6-10-22-12-15/h3-12H,2,13H2,1H3,(H,23,24). The Hall–Kier alpha value is -3.52. The largest absolute Gasteiger partial charge is 0.462 e. The van der Waals surface area contributed by atoms with Crippen LogP contribution >= 0.6 is 11.3 Å². The lowest BCUT2D eigenvalue weighted by atomic mass is 10.2. The maximum Gasteiger partial charge on any atom is 0.350 e. The van der Waals surface area contributed by atoms with E-state index in [1.54, 1.807) is 19.1 Å². The second kappa shape index (κ2) is 9.61. The zero-order chi connectivity index (χ0) is 20.6. The third kappa shape index (κ3) is 5.26. The number of nitrogens with one attached hydrogen (secondary N) is 1. The lowest BCUT2D eigenvalue weighted by Crippen LogP contribution is -2.21. The molecule has 0 bridgehead atoms. The number of thiophene rings is 1. The maximum atomic E-state index is 12.3. The van der Waals surface area contributed by atoms with E-state index in [1.807, 2.05) is 30.3 Å². The number of carbonyl (C=O) groups excluding carboxylic acids is 3. The van der Waals surface area contributed by atoms with Crippen LogP contribution in [-0.4, -0.2) is 36.0 Å². The summed E-state index contributed by atoms with van der Waals surface area (Å²) in [4.78, 5) is 41.4. The quantitative estimate of drug-likeness (QED) is 0.596. The van der Waals surface area contributed by atoms with E-state index >= 15 is 0 Å². The first kappa shape index (κ1) is 20.2. The van der Waals surface area contributed by atoms with Gasteiger partial charge in [0.25, 0.3) is 5.91 Å². The molecule has 8 heteroatoms. The molecule has 1 N–H and O–H groups in total. The molecule has 0 saturated carbocycles. The molecule has 0 spiro atoms. The van der Waals surface area contributed by atoms with Crippen molar-refractivity contribution in [3.05, 3.63) is 71.4 Å². The van der Waals surface area contributed by atoms with Crippen LogP contribution in [0.4, 0.5) is 5.69 Å². The first-order chi connectivity index (χ1) is 14.1. The molecule has 0 saturated heterocycles. The van der Waals surface area contributed by atoms with E-state index in [1.165, 1.54) is 29.8 Å². The van der Waals surface area contributed by atoms with Crippen molar-refractivity contribution in [2.45, 2.75) is 6.92 Å². The number of anilines is 1. The predicted molar refractivity (Wildman–Crippen MR) is 109 cm³/mol. The molecule has 1 amide bonds. The van der Waals surface area contributed by atoms with Gasteiger partial charge in [0.1, 0.15) is 4.88 Å². The van der Waals surface area contributed by atoms with Crippen molar-refractivity contribution in [3.8, 4) is 10.4 Å². The number of nitrogens with zero attached hydrogens (tertiary/aromatic N) is 1. The van der Waals surface area contributed by atoms with Gasteiger partial charge in [0.15, 0.2) is 6.61 Å². The van der Waals surface area contributed by atoms with Gasteiger partial charge in [-0.1, -0.05) is 30.3 Å². The fourth-order valence-corrected chi connectivity index (χ4v) is 3.47. The summed E-state index contributed by atoms with van der Waals surface area (Å²) in [5, 5.41) is 2.62. The molecule has 0 atom stereocenters. The molecule has 2 aromatic heterocycles. The normalized spacial score (nSPS) is 10.2. The van der Waals surface area contributed by atoms with Gasteiger partial charge in [0, 0.05) is 17.3 Å². The minimum atomic E-state index is -0.658. The van der Waals surface area contributed by atoms with Crippen molar-refractivity contribution in [1.82, 2.24) is 4.98 Å². The van der Waals surface area contributed by atoms with E-state index in [-0.39, 0.29) is 17.0 Å². The van der Waals surface area contributed by atoms with E-state index < -0.39 is 24.5 Å². The van der Waals surface area contributed by atoms with Gasteiger partial charge in [-0.2, -0.15) is 0 Å². The Morgan fingerprint density at radius 3 is 2.52 bits per heavy atom. The fourth-order valence-electron chi connectivity index (χ4n) is 2.46. The van der Waals surface area contributed by atoms with Crippen LogP contribution in [0.2, 0.25) is 0 Å². The first-order valence-corrected chi connectivity index (χ1v) is 9.63. The zero-order valence-corrected chi connectivity index (χ0v) is 16.4. The van der Waals surface area contributed by atoms with Crippen LogP contribution in [0.1, 0.15) is 27.0 Å². The Balaban J connectivity index is 1.73. The number of benzene rings is 1. The summed E-state index contributed by atoms with van der Waals surface area (Å²) < 4.78 is 10.1. The minimum absolute atomic E-state index is 0.216. The molecule has 0 fully saturated rings. The monoisotopic (exact) mass is 410 g/mol. The second-order valence-electron chi connectivity index (χ2n) is 5.81. The third-order valence-corrected chi connectivity index (χ3v) is 4.92. The summed E-state index contributed by atoms with van der Waals surface area (Å²) in [6.45, 7) is 1.43. The van der Waals surface area contributed by atoms with Gasteiger partial charge in [-0.3, -0.25) is 9.78 Å². The number of rotatable bonds is 7. The number of carbonyl (C=O) groups is 3. The molecule has 0 radical (unpaired) electrons. The number of hydrogen-bond donors (Lipinski definition) is 1. The smallest absolute Gasteiger partial charge is 0.350 e. The average Bonchev–Trinajstić information content (AvgIpc) is 3.17. The van der Waals surface area contributed by atoms with Crippen LogP contribution in [0.3, 0.4) is 0 Å². The lowest BCUT2D eigenvalue weighted by Gasteiger charge is -2.07. The molecule has 3 rings (SSSR count). The number of hydrogen-bond acceptors (Lipinski definition) is 7. The molecule has 2 heterocycles. The molecule has 148 valence electrons. The lowest BCUT2D eigenvalue weighted by molar-refractivity contribution is -0.119. The van der Waals surface area contributed by atoms with Crippen LogP contribution in [-0.2, 0) is 14.3 Å². The summed E-state index contributed by atoms with van der Waals surface area (Å²) in [6.07, 6.45) is 2.88. The van der Waals surface area contributed by atoms with Crippen molar-refractivity contribution in [2.24, 2.45) is 0 Å². The average molecular weight is 410 g/mol.